The highest BCUT2D eigenvalue weighted by atomic mass is 19.4. The average Bonchev–Trinajstić information content (AvgIpc) is 2.61. The lowest BCUT2D eigenvalue weighted by Gasteiger charge is -2.37. The second kappa shape index (κ2) is 7.72. The molecule has 26 heavy (non-hydrogen) atoms. The third kappa shape index (κ3) is 4.80. The lowest BCUT2D eigenvalue weighted by Crippen LogP contribution is -2.45. The standard InChI is InChI=1S/C18H24F3N3O2/c1-13-4-8-24(9-5-13)17(25)14-6-10-23(11-7-14)16-3-2-15(12-22-16)26-18(19,20)21/h2-3,12-14H,4-11H2,1H3. The van der Waals surface area contributed by atoms with Crippen LogP contribution >= 0.6 is 0 Å². The number of carbonyl (C=O) groups is 1. The van der Waals surface area contributed by atoms with E-state index in [1.807, 2.05) is 9.80 Å². The Labute approximate surface area is 151 Å². The third-order valence-corrected chi connectivity index (χ3v) is 5.22. The number of likely N-dealkylation sites (tertiary alicyclic amines) is 1. The van der Waals surface area contributed by atoms with Crippen LogP contribution in [0.2, 0.25) is 0 Å². The van der Waals surface area contributed by atoms with Gasteiger partial charge >= 0.3 is 6.36 Å². The predicted molar refractivity (Wildman–Crippen MR) is 90.8 cm³/mol. The molecule has 1 amide bonds. The van der Waals surface area contributed by atoms with Crippen LogP contribution < -0.4 is 9.64 Å². The molecular weight excluding hydrogens is 347 g/mol. The Balaban J connectivity index is 1.51. The topological polar surface area (TPSA) is 45.7 Å². The molecule has 0 aromatic carbocycles. The summed E-state index contributed by atoms with van der Waals surface area (Å²) in [4.78, 5) is 20.7. The maximum absolute atomic E-state index is 12.6. The van der Waals surface area contributed by atoms with Crippen LogP contribution in [0.1, 0.15) is 32.6 Å². The van der Waals surface area contributed by atoms with E-state index >= 15 is 0 Å². The Morgan fingerprint density at radius 1 is 1.12 bits per heavy atom. The molecule has 2 saturated heterocycles. The lowest BCUT2D eigenvalue weighted by molar-refractivity contribution is -0.274. The minimum atomic E-state index is -4.71. The molecule has 2 aliphatic heterocycles. The number of nitrogens with zero attached hydrogens (tertiary/aromatic N) is 3. The quantitative estimate of drug-likeness (QED) is 0.816. The van der Waals surface area contributed by atoms with Crippen molar-refractivity contribution in [2.24, 2.45) is 11.8 Å². The highest BCUT2D eigenvalue weighted by Gasteiger charge is 2.32. The predicted octanol–water partition coefficient (Wildman–Crippen LogP) is 3.46. The number of hydrogen-bond donors (Lipinski definition) is 0. The minimum absolute atomic E-state index is 0.0347. The molecule has 0 unspecified atom stereocenters. The number of aromatic nitrogens is 1. The zero-order valence-electron chi connectivity index (χ0n) is 14.8. The van der Waals surface area contributed by atoms with Crippen molar-refractivity contribution in [1.29, 1.82) is 0 Å². The maximum Gasteiger partial charge on any atom is 0.573 e. The van der Waals surface area contributed by atoms with Gasteiger partial charge in [-0.1, -0.05) is 6.92 Å². The Kier molecular flexibility index (Phi) is 5.58. The molecule has 2 aliphatic rings. The first-order valence-corrected chi connectivity index (χ1v) is 9.07. The van der Waals surface area contributed by atoms with Crippen LogP contribution in [0.15, 0.2) is 18.3 Å². The van der Waals surface area contributed by atoms with Crippen molar-refractivity contribution in [2.45, 2.75) is 39.0 Å². The van der Waals surface area contributed by atoms with Gasteiger partial charge in [0, 0.05) is 32.1 Å². The van der Waals surface area contributed by atoms with Crippen molar-refractivity contribution in [3.05, 3.63) is 18.3 Å². The zero-order chi connectivity index (χ0) is 18.7. The van der Waals surface area contributed by atoms with Gasteiger partial charge in [0.05, 0.1) is 6.20 Å². The Morgan fingerprint density at radius 2 is 1.77 bits per heavy atom. The smallest absolute Gasteiger partial charge is 0.404 e. The molecule has 0 radical (unpaired) electrons. The number of carbonyl (C=O) groups excluding carboxylic acids is 1. The highest BCUT2D eigenvalue weighted by molar-refractivity contribution is 5.79. The van der Waals surface area contributed by atoms with Crippen LogP contribution in [0, 0.1) is 11.8 Å². The molecule has 144 valence electrons. The van der Waals surface area contributed by atoms with Gasteiger partial charge in [-0.05, 0) is 43.7 Å². The molecule has 8 heteroatoms. The molecule has 3 heterocycles. The summed E-state index contributed by atoms with van der Waals surface area (Å²) in [6.45, 7) is 5.27. The van der Waals surface area contributed by atoms with Crippen LogP contribution in [-0.4, -0.2) is 48.3 Å². The number of ether oxygens (including phenoxy) is 1. The van der Waals surface area contributed by atoms with Gasteiger partial charge < -0.3 is 14.5 Å². The van der Waals surface area contributed by atoms with E-state index in [1.165, 1.54) is 12.1 Å². The SMILES string of the molecule is CC1CCN(C(=O)C2CCN(c3ccc(OC(F)(F)F)cn3)CC2)CC1. The average molecular weight is 371 g/mol. The monoisotopic (exact) mass is 371 g/mol. The van der Waals surface area contributed by atoms with Crippen molar-refractivity contribution < 1.29 is 22.7 Å². The van der Waals surface area contributed by atoms with Crippen molar-refractivity contribution in [3.8, 4) is 5.75 Å². The number of pyridine rings is 1. The number of piperidine rings is 2. The Morgan fingerprint density at radius 3 is 2.31 bits per heavy atom. The molecule has 5 nitrogen and oxygen atoms in total. The maximum atomic E-state index is 12.6. The van der Waals surface area contributed by atoms with Crippen molar-refractivity contribution >= 4 is 11.7 Å². The largest absolute Gasteiger partial charge is 0.573 e. The third-order valence-electron chi connectivity index (χ3n) is 5.22. The van der Waals surface area contributed by atoms with Gasteiger partial charge in [-0.15, -0.1) is 13.2 Å². The van der Waals surface area contributed by atoms with Crippen LogP contribution in [0.5, 0.6) is 5.75 Å². The first kappa shape index (κ1) is 18.8. The van der Waals surface area contributed by atoms with Crippen LogP contribution in [-0.2, 0) is 4.79 Å². The normalized spacial score (nSPS) is 20.3. The number of amides is 1. The fourth-order valence-electron chi connectivity index (χ4n) is 3.60. The highest BCUT2D eigenvalue weighted by Crippen LogP contribution is 2.27. The van der Waals surface area contributed by atoms with Crippen molar-refractivity contribution in [3.63, 3.8) is 0 Å². The molecule has 0 bridgehead atoms. The van der Waals surface area contributed by atoms with E-state index in [4.69, 9.17) is 0 Å². The summed E-state index contributed by atoms with van der Waals surface area (Å²) < 4.78 is 40.4. The van der Waals surface area contributed by atoms with Gasteiger partial charge in [-0.25, -0.2) is 4.98 Å². The molecule has 0 N–H and O–H groups in total. The number of anilines is 1. The number of halogens is 3. The van der Waals surface area contributed by atoms with Crippen molar-refractivity contribution in [2.75, 3.05) is 31.1 Å². The molecule has 0 spiro atoms. The molecule has 0 saturated carbocycles. The first-order valence-electron chi connectivity index (χ1n) is 9.07. The lowest BCUT2D eigenvalue weighted by atomic mass is 9.92. The van der Waals surface area contributed by atoms with E-state index in [-0.39, 0.29) is 17.6 Å². The van der Waals surface area contributed by atoms with Gasteiger partial charge in [0.1, 0.15) is 11.6 Å². The molecule has 2 fully saturated rings. The van der Waals surface area contributed by atoms with E-state index in [1.54, 1.807) is 0 Å². The van der Waals surface area contributed by atoms with Crippen molar-refractivity contribution in [1.82, 2.24) is 9.88 Å². The van der Waals surface area contributed by atoms with Crippen LogP contribution in [0.25, 0.3) is 0 Å². The number of alkyl halides is 3. The second-order valence-corrected chi connectivity index (χ2v) is 7.17. The summed E-state index contributed by atoms with van der Waals surface area (Å²) in [7, 11) is 0. The number of hydrogen-bond acceptors (Lipinski definition) is 4. The van der Waals surface area contributed by atoms with Crippen LogP contribution in [0.3, 0.4) is 0 Å². The van der Waals surface area contributed by atoms with E-state index in [2.05, 4.69) is 16.6 Å². The second-order valence-electron chi connectivity index (χ2n) is 7.17. The number of rotatable bonds is 3. The Bertz CT molecular complexity index is 605. The summed E-state index contributed by atoms with van der Waals surface area (Å²) in [5.74, 6) is 1.25. The molecular formula is C18H24F3N3O2. The van der Waals surface area contributed by atoms with Gasteiger partial charge in [0.25, 0.3) is 0 Å². The fourth-order valence-corrected chi connectivity index (χ4v) is 3.60. The minimum Gasteiger partial charge on any atom is -0.404 e. The van der Waals surface area contributed by atoms with E-state index in [0.29, 0.717) is 24.8 Å². The van der Waals surface area contributed by atoms with E-state index in [0.717, 1.165) is 45.0 Å². The summed E-state index contributed by atoms with van der Waals surface area (Å²) >= 11 is 0. The summed E-state index contributed by atoms with van der Waals surface area (Å²) in [6, 6.07) is 2.79. The fraction of sp³-hybridized carbons (Fsp3) is 0.667. The Hall–Kier alpha value is -1.99. The van der Waals surface area contributed by atoms with E-state index in [9.17, 15) is 18.0 Å². The first-order chi connectivity index (χ1) is 12.3. The summed E-state index contributed by atoms with van der Waals surface area (Å²) in [5.41, 5.74) is 0. The van der Waals surface area contributed by atoms with E-state index < -0.39 is 6.36 Å². The molecule has 1 aromatic heterocycles. The summed E-state index contributed by atoms with van der Waals surface area (Å²) in [5, 5.41) is 0. The molecule has 0 aliphatic carbocycles. The van der Waals surface area contributed by atoms with Gasteiger partial charge in [-0.2, -0.15) is 0 Å². The van der Waals surface area contributed by atoms with Gasteiger partial charge in [-0.3, -0.25) is 4.79 Å². The van der Waals surface area contributed by atoms with Gasteiger partial charge in [0.2, 0.25) is 5.91 Å². The summed E-state index contributed by atoms with van der Waals surface area (Å²) in [6.07, 6.45) is -0.00838. The molecule has 1 aromatic rings. The zero-order valence-corrected chi connectivity index (χ0v) is 14.8. The van der Waals surface area contributed by atoms with Gasteiger partial charge in [0.15, 0.2) is 0 Å². The molecule has 0 atom stereocenters. The molecule has 3 rings (SSSR count). The van der Waals surface area contributed by atoms with Crippen LogP contribution in [0.4, 0.5) is 19.0 Å².